The number of methoxy groups -OCH3 is 1. The molecule has 1 unspecified atom stereocenters. The van der Waals surface area contributed by atoms with Gasteiger partial charge in [0.05, 0.1) is 13.2 Å². The summed E-state index contributed by atoms with van der Waals surface area (Å²) in [7, 11) is 1.73. The lowest BCUT2D eigenvalue weighted by Gasteiger charge is -2.27. The summed E-state index contributed by atoms with van der Waals surface area (Å²) in [6.07, 6.45) is 4.08. The summed E-state index contributed by atoms with van der Waals surface area (Å²) in [6, 6.07) is 11.5. The average molecular weight is 301 g/mol. The van der Waals surface area contributed by atoms with Crippen molar-refractivity contribution in [1.82, 2.24) is 5.32 Å². The van der Waals surface area contributed by atoms with E-state index in [1.165, 1.54) is 35.3 Å². The third-order valence-corrected chi connectivity index (χ3v) is 5.32. The molecule has 1 aromatic heterocycles. The first-order valence-corrected chi connectivity index (χ1v) is 8.65. The second kappa shape index (κ2) is 6.63. The van der Waals surface area contributed by atoms with Crippen molar-refractivity contribution in [2.45, 2.75) is 38.1 Å². The third kappa shape index (κ3) is 3.14. The Balaban J connectivity index is 1.89. The molecule has 1 N–H and O–H groups in total. The highest BCUT2D eigenvalue weighted by atomic mass is 32.1. The minimum Gasteiger partial charge on any atom is -0.496 e. The van der Waals surface area contributed by atoms with Gasteiger partial charge in [0, 0.05) is 10.3 Å². The molecule has 0 saturated heterocycles. The van der Waals surface area contributed by atoms with Crippen molar-refractivity contribution in [2.24, 2.45) is 0 Å². The lowest BCUT2D eigenvalue weighted by Crippen LogP contribution is -2.21. The highest BCUT2D eigenvalue weighted by molar-refractivity contribution is 7.10. The van der Waals surface area contributed by atoms with E-state index < -0.39 is 0 Å². The summed E-state index contributed by atoms with van der Waals surface area (Å²) in [5, 5.41) is 5.69. The van der Waals surface area contributed by atoms with Gasteiger partial charge in [-0.2, -0.15) is 0 Å². The lowest BCUT2D eigenvalue weighted by atomic mass is 9.79. The Labute approximate surface area is 131 Å². The van der Waals surface area contributed by atoms with E-state index in [1.807, 2.05) is 0 Å². The van der Waals surface area contributed by atoms with Gasteiger partial charge in [0.15, 0.2) is 0 Å². The Kier molecular flexibility index (Phi) is 4.61. The molecule has 112 valence electrons. The van der Waals surface area contributed by atoms with Gasteiger partial charge in [0.2, 0.25) is 0 Å². The normalized spacial score (nSPS) is 16.5. The van der Waals surface area contributed by atoms with Crippen LogP contribution in [0.4, 0.5) is 0 Å². The van der Waals surface area contributed by atoms with Crippen molar-refractivity contribution < 1.29 is 4.74 Å². The van der Waals surface area contributed by atoms with Crippen molar-refractivity contribution in [1.29, 1.82) is 0 Å². The van der Waals surface area contributed by atoms with Crippen LogP contribution in [0.5, 0.6) is 5.75 Å². The maximum atomic E-state index is 5.33. The molecule has 0 spiro atoms. The molecule has 0 radical (unpaired) electrons. The second-order valence-electron chi connectivity index (χ2n) is 5.68. The molecule has 1 fully saturated rings. The molecule has 0 amide bonds. The van der Waals surface area contributed by atoms with E-state index in [0.29, 0.717) is 0 Å². The zero-order valence-electron chi connectivity index (χ0n) is 12.8. The molecule has 1 saturated carbocycles. The molecule has 2 aromatic rings. The van der Waals surface area contributed by atoms with Gasteiger partial charge in [-0.1, -0.05) is 37.6 Å². The van der Waals surface area contributed by atoms with Gasteiger partial charge >= 0.3 is 0 Å². The van der Waals surface area contributed by atoms with E-state index in [4.69, 9.17) is 4.74 Å². The monoisotopic (exact) mass is 301 g/mol. The molecule has 2 nitrogen and oxygen atoms in total. The maximum absolute atomic E-state index is 5.33. The predicted octanol–water partition coefficient (Wildman–Crippen LogP) is 4.72. The summed E-state index contributed by atoms with van der Waals surface area (Å²) in [4.78, 5) is 1.32. The third-order valence-electron chi connectivity index (χ3n) is 4.34. The smallest absolute Gasteiger partial charge is 0.129 e. The zero-order valence-corrected chi connectivity index (χ0v) is 13.6. The van der Waals surface area contributed by atoms with Crippen LogP contribution < -0.4 is 10.1 Å². The van der Waals surface area contributed by atoms with Crippen LogP contribution in [0.15, 0.2) is 35.7 Å². The summed E-state index contributed by atoms with van der Waals surface area (Å²) >= 11 is 1.76. The summed E-state index contributed by atoms with van der Waals surface area (Å²) in [5.41, 5.74) is 2.87. The largest absolute Gasteiger partial charge is 0.496 e. The summed E-state index contributed by atoms with van der Waals surface area (Å²) in [5.74, 6) is 1.73. The number of ether oxygens (including phenoxy) is 1. The van der Waals surface area contributed by atoms with E-state index >= 15 is 0 Å². The van der Waals surface area contributed by atoms with Crippen molar-refractivity contribution in [3.05, 3.63) is 51.7 Å². The number of thiophene rings is 1. The fourth-order valence-corrected chi connectivity index (χ4v) is 3.87. The van der Waals surface area contributed by atoms with Crippen LogP contribution in [0.25, 0.3) is 0 Å². The molecular weight excluding hydrogens is 278 g/mol. The van der Waals surface area contributed by atoms with Crippen LogP contribution in [0, 0.1) is 0 Å². The SMILES string of the molecule is CCNC(c1cccc(C2CCC2)c1)c1cc(OC)cs1. The standard InChI is InChI=1S/C18H23NOS/c1-3-19-18(17-11-16(20-2)12-21-17)15-9-5-8-14(10-15)13-6-4-7-13/h5,8-13,18-19H,3-4,6-7H2,1-2H3. The number of nitrogens with one attached hydrogen (secondary N) is 1. The fourth-order valence-electron chi connectivity index (χ4n) is 2.91. The first-order valence-electron chi connectivity index (χ1n) is 7.77. The molecule has 1 aromatic carbocycles. The zero-order chi connectivity index (χ0) is 14.7. The second-order valence-corrected chi connectivity index (χ2v) is 6.62. The molecule has 1 aliphatic rings. The number of rotatable bonds is 6. The number of hydrogen-bond donors (Lipinski definition) is 1. The minimum absolute atomic E-state index is 0.268. The fraction of sp³-hybridized carbons (Fsp3) is 0.444. The minimum atomic E-state index is 0.268. The average Bonchev–Trinajstić information content (AvgIpc) is 2.92. The molecule has 1 heterocycles. The van der Waals surface area contributed by atoms with E-state index in [1.54, 1.807) is 18.4 Å². The highest BCUT2D eigenvalue weighted by Gasteiger charge is 2.21. The van der Waals surface area contributed by atoms with E-state index in [-0.39, 0.29) is 6.04 Å². The van der Waals surface area contributed by atoms with Gasteiger partial charge in [-0.25, -0.2) is 0 Å². The first kappa shape index (κ1) is 14.6. The Hall–Kier alpha value is -1.32. The maximum Gasteiger partial charge on any atom is 0.129 e. The van der Waals surface area contributed by atoms with Gasteiger partial charge < -0.3 is 10.1 Å². The molecule has 0 aliphatic heterocycles. The number of hydrogen-bond acceptors (Lipinski definition) is 3. The van der Waals surface area contributed by atoms with Crippen LogP contribution in [0.2, 0.25) is 0 Å². The Bertz CT molecular complexity index is 588. The van der Waals surface area contributed by atoms with Gasteiger partial charge in [-0.05, 0) is 42.5 Å². The van der Waals surface area contributed by atoms with Crippen LogP contribution in [-0.4, -0.2) is 13.7 Å². The molecule has 3 heteroatoms. The molecule has 1 atom stereocenters. The van der Waals surface area contributed by atoms with Gasteiger partial charge in [0.25, 0.3) is 0 Å². The molecule has 0 bridgehead atoms. The summed E-state index contributed by atoms with van der Waals surface area (Å²) in [6.45, 7) is 3.12. The molecule has 21 heavy (non-hydrogen) atoms. The van der Waals surface area contributed by atoms with E-state index in [0.717, 1.165) is 18.2 Å². The summed E-state index contributed by atoms with van der Waals surface area (Å²) < 4.78 is 5.33. The van der Waals surface area contributed by atoms with Crippen LogP contribution in [0.1, 0.15) is 54.1 Å². The first-order chi connectivity index (χ1) is 10.3. The molecule has 3 rings (SSSR count). The van der Waals surface area contributed by atoms with Gasteiger partial charge in [-0.3, -0.25) is 0 Å². The highest BCUT2D eigenvalue weighted by Crippen LogP contribution is 2.38. The Morgan fingerprint density at radius 1 is 1.33 bits per heavy atom. The van der Waals surface area contributed by atoms with Crippen molar-refractivity contribution in [3.63, 3.8) is 0 Å². The quantitative estimate of drug-likeness (QED) is 0.833. The van der Waals surface area contributed by atoms with E-state index in [9.17, 15) is 0 Å². The lowest BCUT2D eigenvalue weighted by molar-refractivity contribution is 0.416. The molecular formula is C18H23NOS. The van der Waals surface area contributed by atoms with Gasteiger partial charge in [-0.15, -0.1) is 11.3 Å². The topological polar surface area (TPSA) is 21.3 Å². The Morgan fingerprint density at radius 3 is 2.81 bits per heavy atom. The van der Waals surface area contributed by atoms with Crippen molar-refractivity contribution >= 4 is 11.3 Å². The van der Waals surface area contributed by atoms with Crippen LogP contribution in [0.3, 0.4) is 0 Å². The van der Waals surface area contributed by atoms with Crippen molar-refractivity contribution in [3.8, 4) is 5.75 Å². The number of benzene rings is 1. The van der Waals surface area contributed by atoms with Crippen LogP contribution in [-0.2, 0) is 0 Å². The predicted molar refractivity (Wildman–Crippen MR) is 89.4 cm³/mol. The van der Waals surface area contributed by atoms with Gasteiger partial charge in [0.1, 0.15) is 5.75 Å². The van der Waals surface area contributed by atoms with E-state index in [2.05, 4.69) is 48.0 Å². The molecule has 1 aliphatic carbocycles. The Morgan fingerprint density at radius 2 is 2.19 bits per heavy atom. The van der Waals surface area contributed by atoms with Crippen LogP contribution >= 0.6 is 11.3 Å². The van der Waals surface area contributed by atoms with Crippen molar-refractivity contribution in [2.75, 3.05) is 13.7 Å².